The lowest BCUT2D eigenvalue weighted by atomic mass is 10.1. The van der Waals surface area contributed by atoms with Gasteiger partial charge in [-0.3, -0.25) is 0 Å². The molecule has 35 heavy (non-hydrogen) atoms. The second-order valence-electron chi connectivity index (χ2n) is 10.2. The quantitative estimate of drug-likeness (QED) is 0.198. The molecule has 1 heterocycles. The lowest BCUT2D eigenvalue weighted by Gasteiger charge is -2.09. The van der Waals surface area contributed by atoms with Crippen molar-refractivity contribution in [1.82, 2.24) is 14.4 Å². The predicted octanol–water partition coefficient (Wildman–Crippen LogP) is 6.82. The molecule has 3 rings (SSSR count). The minimum Gasteiger partial charge on any atom is -0.494 e. The summed E-state index contributed by atoms with van der Waals surface area (Å²) in [4.78, 5) is 4.51. The Morgan fingerprint density at radius 3 is 1.43 bits per heavy atom. The Kier molecular flexibility index (Phi) is 11.2. The van der Waals surface area contributed by atoms with Crippen LogP contribution >= 0.6 is 0 Å². The lowest BCUT2D eigenvalue weighted by molar-refractivity contribution is 0.302. The molecule has 0 fully saturated rings. The highest BCUT2D eigenvalue weighted by molar-refractivity contribution is 6.09. The van der Waals surface area contributed by atoms with Crippen LogP contribution in [0.1, 0.15) is 58.3 Å². The fourth-order valence-electron chi connectivity index (χ4n) is 4.73. The number of unbranched alkanes of at least 4 members (excludes halogenated alkanes) is 6. The number of nitrogens with zero attached hydrogens (tertiary/aromatic N) is 3. The SMILES string of the molecule is CCn1c2ccc(OCCCCCCN(C)C)cc2c2cc(OCCCCCCN(C)C)ccc21. The molecule has 0 saturated carbocycles. The molecule has 194 valence electrons. The third kappa shape index (κ3) is 8.43. The van der Waals surface area contributed by atoms with Gasteiger partial charge in [-0.1, -0.05) is 25.7 Å². The molecule has 0 radical (unpaired) electrons. The molecule has 0 saturated heterocycles. The minimum absolute atomic E-state index is 0.781. The van der Waals surface area contributed by atoms with Gasteiger partial charge in [0.1, 0.15) is 11.5 Å². The fourth-order valence-corrected chi connectivity index (χ4v) is 4.73. The van der Waals surface area contributed by atoms with Crippen molar-refractivity contribution in [2.24, 2.45) is 0 Å². The van der Waals surface area contributed by atoms with Crippen molar-refractivity contribution in [3.8, 4) is 11.5 Å². The van der Waals surface area contributed by atoms with E-state index in [2.05, 4.69) is 85.9 Å². The van der Waals surface area contributed by atoms with E-state index in [4.69, 9.17) is 9.47 Å². The highest BCUT2D eigenvalue weighted by Gasteiger charge is 2.12. The van der Waals surface area contributed by atoms with Crippen LogP contribution < -0.4 is 9.47 Å². The Hall–Kier alpha value is -2.24. The number of aromatic nitrogens is 1. The van der Waals surface area contributed by atoms with E-state index in [1.165, 1.54) is 73.4 Å². The summed E-state index contributed by atoms with van der Waals surface area (Å²) in [5.74, 6) is 1.93. The molecule has 5 nitrogen and oxygen atoms in total. The molecular formula is C30H47N3O2. The predicted molar refractivity (Wildman–Crippen MR) is 150 cm³/mol. The molecule has 0 aliphatic rings. The van der Waals surface area contributed by atoms with E-state index in [1.54, 1.807) is 0 Å². The van der Waals surface area contributed by atoms with Gasteiger partial charge in [0.25, 0.3) is 0 Å². The maximum Gasteiger partial charge on any atom is 0.120 e. The van der Waals surface area contributed by atoms with Gasteiger partial charge in [0, 0.05) is 28.4 Å². The molecule has 3 aromatic rings. The van der Waals surface area contributed by atoms with Crippen molar-refractivity contribution in [3.63, 3.8) is 0 Å². The van der Waals surface area contributed by atoms with Crippen LogP contribution in [-0.2, 0) is 6.54 Å². The van der Waals surface area contributed by atoms with Crippen molar-refractivity contribution in [1.29, 1.82) is 0 Å². The van der Waals surface area contributed by atoms with Gasteiger partial charge in [-0.15, -0.1) is 0 Å². The number of fused-ring (bicyclic) bond motifs is 3. The van der Waals surface area contributed by atoms with Crippen LogP contribution in [-0.4, -0.2) is 68.9 Å². The zero-order valence-electron chi connectivity index (χ0n) is 22.8. The number of hydrogen-bond acceptors (Lipinski definition) is 4. The molecule has 0 spiro atoms. The molecule has 0 unspecified atom stereocenters. The van der Waals surface area contributed by atoms with Gasteiger partial charge >= 0.3 is 0 Å². The molecule has 0 bridgehead atoms. The summed E-state index contributed by atoms with van der Waals surface area (Å²) in [6.07, 6.45) is 9.72. The summed E-state index contributed by atoms with van der Waals surface area (Å²) in [5.41, 5.74) is 2.52. The number of ether oxygens (including phenoxy) is 2. The number of hydrogen-bond donors (Lipinski definition) is 0. The van der Waals surface area contributed by atoms with E-state index in [0.717, 1.165) is 44.1 Å². The van der Waals surface area contributed by atoms with E-state index < -0.39 is 0 Å². The number of aryl methyl sites for hydroxylation is 1. The molecule has 5 heteroatoms. The third-order valence-corrected chi connectivity index (χ3v) is 6.66. The van der Waals surface area contributed by atoms with Crippen molar-refractivity contribution in [3.05, 3.63) is 36.4 Å². The Labute approximate surface area is 213 Å². The summed E-state index contributed by atoms with van der Waals surface area (Å²) in [6.45, 7) is 7.05. The van der Waals surface area contributed by atoms with Gasteiger partial charge in [0.05, 0.1) is 13.2 Å². The molecule has 2 aromatic carbocycles. The smallest absolute Gasteiger partial charge is 0.120 e. The van der Waals surface area contributed by atoms with Crippen LogP contribution in [0.5, 0.6) is 11.5 Å². The molecule has 1 aromatic heterocycles. The summed E-state index contributed by atoms with van der Waals surface area (Å²) in [7, 11) is 8.55. The topological polar surface area (TPSA) is 29.9 Å². The van der Waals surface area contributed by atoms with Gasteiger partial charge in [0.15, 0.2) is 0 Å². The first kappa shape index (κ1) is 27.3. The van der Waals surface area contributed by atoms with Gasteiger partial charge in [-0.25, -0.2) is 0 Å². The van der Waals surface area contributed by atoms with Crippen LogP contribution in [0.25, 0.3) is 21.8 Å². The van der Waals surface area contributed by atoms with Crippen LogP contribution in [0.15, 0.2) is 36.4 Å². The van der Waals surface area contributed by atoms with Crippen molar-refractivity contribution >= 4 is 21.8 Å². The highest BCUT2D eigenvalue weighted by atomic mass is 16.5. The highest BCUT2D eigenvalue weighted by Crippen LogP contribution is 2.34. The van der Waals surface area contributed by atoms with Crippen molar-refractivity contribution in [2.45, 2.75) is 64.8 Å². The van der Waals surface area contributed by atoms with Gasteiger partial charge in [0.2, 0.25) is 0 Å². The maximum absolute atomic E-state index is 6.14. The van der Waals surface area contributed by atoms with E-state index in [-0.39, 0.29) is 0 Å². The monoisotopic (exact) mass is 481 g/mol. The second kappa shape index (κ2) is 14.4. The van der Waals surface area contributed by atoms with Crippen LogP contribution in [0, 0.1) is 0 Å². The fraction of sp³-hybridized carbons (Fsp3) is 0.600. The zero-order chi connectivity index (χ0) is 25.0. The van der Waals surface area contributed by atoms with Gasteiger partial charge in [-0.2, -0.15) is 0 Å². The zero-order valence-corrected chi connectivity index (χ0v) is 22.8. The van der Waals surface area contributed by atoms with E-state index in [1.807, 2.05) is 0 Å². The van der Waals surface area contributed by atoms with E-state index >= 15 is 0 Å². The molecule has 0 aliphatic carbocycles. The summed E-state index contributed by atoms with van der Waals surface area (Å²) in [5, 5.41) is 2.50. The first-order valence-corrected chi connectivity index (χ1v) is 13.6. The van der Waals surface area contributed by atoms with Crippen molar-refractivity contribution in [2.75, 3.05) is 54.5 Å². The van der Waals surface area contributed by atoms with Gasteiger partial charge < -0.3 is 23.8 Å². The van der Waals surface area contributed by atoms with E-state index in [9.17, 15) is 0 Å². The maximum atomic E-state index is 6.14. The largest absolute Gasteiger partial charge is 0.494 e. The van der Waals surface area contributed by atoms with Crippen LogP contribution in [0.3, 0.4) is 0 Å². The average molecular weight is 482 g/mol. The Morgan fingerprint density at radius 1 is 0.600 bits per heavy atom. The third-order valence-electron chi connectivity index (χ3n) is 6.66. The van der Waals surface area contributed by atoms with Crippen LogP contribution in [0.2, 0.25) is 0 Å². The molecule has 0 atom stereocenters. The summed E-state index contributed by atoms with van der Waals surface area (Å²) < 4.78 is 14.7. The normalized spacial score (nSPS) is 11.9. The number of benzene rings is 2. The second-order valence-corrected chi connectivity index (χ2v) is 10.2. The standard InChI is InChI=1S/C30H47N3O2/c1-6-33-29-17-15-25(34-21-13-9-7-11-19-31(2)3)23-27(29)28-24-26(16-18-30(28)33)35-22-14-10-8-12-20-32(4)5/h15-18,23-24H,6-14,19-22H2,1-5H3. The van der Waals surface area contributed by atoms with E-state index in [0.29, 0.717) is 0 Å². The Morgan fingerprint density at radius 2 is 1.03 bits per heavy atom. The molecule has 0 aliphatic heterocycles. The Bertz CT molecular complexity index is 946. The first-order valence-electron chi connectivity index (χ1n) is 13.6. The first-order chi connectivity index (χ1) is 17.0. The summed E-state index contributed by atoms with van der Waals surface area (Å²) in [6, 6.07) is 13.1. The average Bonchev–Trinajstić information content (AvgIpc) is 3.14. The summed E-state index contributed by atoms with van der Waals surface area (Å²) >= 11 is 0. The molecule has 0 amide bonds. The molecular weight excluding hydrogens is 434 g/mol. The minimum atomic E-state index is 0.781. The van der Waals surface area contributed by atoms with Crippen molar-refractivity contribution < 1.29 is 9.47 Å². The Balaban J connectivity index is 1.58. The lowest BCUT2D eigenvalue weighted by Crippen LogP contribution is -2.12. The van der Waals surface area contributed by atoms with Crippen LogP contribution in [0.4, 0.5) is 0 Å². The van der Waals surface area contributed by atoms with Gasteiger partial charge in [-0.05, 0) is 110 Å². The number of rotatable bonds is 17. The molecule has 0 N–H and O–H groups in total.